The lowest BCUT2D eigenvalue weighted by molar-refractivity contribution is -0.123. The van der Waals surface area contributed by atoms with Crippen LogP contribution >= 0.6 is 0 Å². The van der Waals surface area contributed by atoms with Gasteiger partial charge in [0, 0.05) is 24.3 Å². The molecule has 2 aliphatic rings. The summed E-state index contributed by atoms with van der Waals surface area (Å²) in [5, 5.41) is 6.27. The Morgan fingerprint density at radius 3 is 3.16 bits per heavy atom. The summed E-state index contributed by atoms with van der Waals surface area (Å²) in [5.41, 5.74) is 2.34. The maximum absolute atomic E-state index is 11.7. The zero-order valence-electron chi connectivity index (χ0n) is 11.1. The molecule has 19 heavy (non-hydrogen) atoms. The highest BCUT2D eigenvalue weighted by Gasteiger charge is 2.21. The van der Waals surface area contributed by atoms with Crippen molar-refractivity contribution < 1.29 is 9.53 Å². The number of amides is 1. The SMILES string of the molecule is O=C(COc1cccc2c1CCCN2)NCC1CC1. The van der Waals surface area contributed by atoms with E-state index in [0.29, 0.717) is 5.92 Å². The Morgan fingerprint density at radius 2 is 2.32 bits per heavy atom. The molecule has 1 heterocycles. The van der Waals surface area contributed by atoms with Crippen LogP contribution in [-0.4, -0.2) is 25.6 Å². The van der Waals surface area contributed by atoms with Crippen LogP contribution in [0, 0.1) is 5.92 Å². The molecule has 1 amide bonds. The Balaban J connectivity index is 1.55. The van der Waals surface area contributed by atoms with E-state index in [1.54, 1.807) is 0 Å². The first-order valence-corrected chi connectivity index (χ1v) is 7.08. The van der Waals surface area contributed by atoms with Crippen molar-refractivity contribution >= 4 is 11.6 Å². The van der Waals surface area contributed by atoms with Gasteiger partial charge in [0.15, 0.2) is 6.61 Å². The molecule has 1 aliphatic carbocycles. The lowest BCUT2D eigenvalue weighted by Gasteiger charge is -2.20. The van der Waals surface area contributed by atoms with Gasteiger partial charge in [-0.1, -0.05) is 6.07 Å². The third-order valence-electron chi connectivity index (χ3n) is 3.70. The zero-order chi connectivity index (χ0) is 13.1. The molecule has 4 heteroatoms. The van der Waals surface area contributed by atoms with Gasteiger partial charge in [-0.2, -0.15) is 0 Å². The van der Waals surface area contributed by atoms with Crippen molar-refractivity contribution in [3.8, 4) is 5.75 Å². The van der Waals surface area contributed by atoms with Gasteiger partial charge in [0.25, 0.3) is 5.91 Å². The minimum absolute atomic E-state index is 0.0201. The molecular formula is C15H20N2O2. The van der Waals surface area contributed by atoms with Crippen LogP contribution < -0.4 is 15.4 Å². The monoisotopic (exact) mass is 260 g/mol. The number of hydrogen-bond donors (Lipinski definition) is 2. The highest BCUT2D eigenvalue weighted by atomic mass is 16.5. The molecular weight excluding hydrogens is 240 g/mol. The van der Waals surface area contributed by atoms with Crippen LogP contribution in [0.25, 0.3) is 0 Å². The second-order valence-electron chi connectivity index (χ2n) is 5.35. The normalized spacial score (nSPS) is 17.3. The number of carbonyl (C=O) groups excluding carboxylic acids is 1. The van der Waals surface area contributed by atoms with Gasteiger partial charge in [-0.05, 0) is 43.7 Å². The number of rotatable bonds is 5. The number of ether oxygens (including phenoxy) is 1. The molecule has 1 saturated carbocycles. The van der Waals surface area contributed by atoms with Crippen LogP contribution in [-0.2, 0) is 11.2 Å². The van der Waals surface area contributed by atoms with Crippen LogP contribution in [0.5, 0.6) is 5.75 Å². The molecule has 4 nitrogen and oxygen atoms in total. The van der Waals surface area contributed by atoms with Gasteiger partial charge in [-0.15, -0.1) is 0 Å². The van der Waals surface area contributed by atoms with Gasteiger partial charge in [-0.3, -0.25) is 4.79 Å². The van der Waals surface area contributed by atoms with E-state index in [4.69, 9.17) is 4.74 Å². The van der Waals surface area contributed by atoms with E-state index in [2.05, 4.69) is 16.7 Å². The zero-order valence-corrected chi connectivity index (χ0v) is 11.1. The summed E-state index contributed by atoms with van der Waals surface area (Å²) in [7, 11) is 0. The third kappa shape index (κ3) is 3.19. The lowest BCUT2D eigenvalue weighted by atomic mass is 10.0. The number of carbonyl (C=O) groups is 1. The lowest BCUT2D eigenvalue weighted by Crippen LogP contribution is -2.30. The van der Waals surface area contributed by atoms with Gasteiger partial charge in [-0.25, -0.2) is 0 Å². The van der Waals surface area contributed by atoms with Crippen molar-refractivity contribution in [1.29, 1.82) is 0 Å². The fourth-order valence-electron chi connectivity index (χ4n) is 2.39. The Bertz CT molecular complexity index is 469. The van der Waals surface area contributed by atoms with Crippen LogP contribution in [0.1, 0.15) is 24.8 Å². The number of nitrogens with one attached hydrogen (secondary N) is 2. The summed E-state index contributed by atoms with van der Waals surface area (Å²) < 4.78 is 5.67. The average molecular weight is 260 g/mol. The van der Waals surface area contributed by atoms with E-state index in [0.717, 1.165) is 37.4 Å². The molecule has 3 rings (SSSR count). The first-order chi connectivity index (χ1) is 9.33. The van der Waals surface area contributed by atoms with E-state index in [9.17, 15) is 4.79 Å². The summed E-state index contributed by atoms with van der Waals surface area (Å²) in [5.74, 6) is 1.53. The van der Waals surface area contributed by atoms with Gasteiger partial charge in [0.1, 0.15) is 5.75 Å². The van der Waals surface area contributed by atoms with Crippen LogP contribution in [0.15, 0.2) is 18.2 Å². The smallest absolute Gasteiger partial charge is 0.257 e. The molecule has 1 aliphatic heterocycles. The first-order valence-electron chi connectivity index (χ1n) is 7.08. The minimum Gasteiger partial charge on any atom is -0.483 e. The van der Waals surface area contributed by atoms with E-state index < -0.39 is 0 Å². The Labute approximate surface area is 113 Å². The van der Waals surface area contributed by atoms with Crippen LogP contribution in [0.4, 0.5) is 5.69 Å². The van der Waals surface area contributed by atoms with Crippen molar-refractivity contribution in [2.75, 3.05) is 25.0 Å². The summed E-state index contributed by atoms with van der Waals surface area (Å²) in [4.78, 5) is 11.7. The molecule has 0 spiro atoms. The molecule has 2 N–H and O–H groups in total. The van der Waals surface area contributed by atoms with Crippen molar-refractivity contribution in [2.24, 2.45) is 5.92 Å². The van der Waals surface area contributed by atoms with Gasteiger partial charge in [0.2, 0.25) is 0 Å². The van der Waals surface area contributed by atoms with Crippen molar-refractivity contribution in [2.45, 2.75) is 25.7 Å². The minimum atomic E-state index is -0.0201. The molecule has 0 saturated heterocycles. The second kappa shape index (κ2) is 5.51. The standard InChI is InChI=1S/C15H20N2O2/c18-15(17-9-11-6-7-11)10-19-14-5-1-4-13-12(14)3-2-8-16-13/h1,4-5,11,16H,2-3,6-10H2,(H,17,18). The fraction of sp³-hybridized carbons (Fsp3) is 0.533. The number of anilines is 1. The molecule has 1 aromatic rings. The van der Waals surface area contributed by atoms with Gasteiger partial charge >= 0.3 is 0 Å². The molecule has 102 valence electrons. The third-order valence-corrected chi connectivity index (χ3v) is 3.70. The molecule has 0 bridgehead atoms. The number of fused-ring (bicyclic) bond motifs is 1. The maximum atomic E-state index is 11.7. The van der Waals surface area contributed by atoms with Gasteiger partial charge in [0.05, 0.1) is 0 Å². The fourth-order valence-corrected chi connectivity index (χ4v) is 2.39. The summed E-state index contributed by atoms with van der Waals surface area (Å²) in [6, 6.07) is 5.98. The second-order valence-corrected chi connectivity index (χ2v) is 5.35. The van der Waals surface area contributed by atoms with Crippen molar-refractivity contribution in [3.63, 3.8) is 0 Å². The van der Waals surface area contributed by atoms with E-state index >= 15 is 0 Å². The topological polar surface area (TPSA) is 50.4 Å². The van der Waals surface area contributed by atoms with Crippen molar-refractivity contribution in [3.05, 3.63) is 23.8 Å². The Morgan fingerprint density at radius 1 is 1.42 bits per heavy atom. The quantitative estimate of drug-likeness (QED) is 0.850. The molecule has 0 unspecified atom stereocenters. The van der Waals surface area contributed by atoms with Crippen molar-refractivity contribution in [1.82, 2.24) is 5.32 Å². The predicted molar refractivity (Wildman–Crippen MR) is 74.5 cm³/mol. The average Bonchev–Trinajstić information content (AvgIpc) is 3.27. The first kappa shape index (κ1) is 12.3. The van der Waals surface area contributed by atoms with E-state index in [-0.39, 0.29) is 12.5 Å². The molecule has 0 atom stereocenters. The highest BCUT2D eigenvalue weighted by molar-refractivity contribution is 5.77. The summed E-state index contributed by atoms with van der Waals surface area (Å²) in [6.07, 6.45) is 4.63. The maximum Gasteiger partial charge on any atom is 0.257 e. The largest absolute Gasteiger partial charge is 0.483 e. The molecule has 0 radical (unpaired) electrons. The van der Waals surface area contributed by atoms with Crippen LogP contribution in [0.3, 0.4) is 0 Å². The molecule has 0 aromatic heterocycles. The molecule has 1 aromatic carbocycles. The highest BCUT2D eigenvalue weighted by Crippen LogP contribution is 2.30. The number of hydrogen-bond acceptors (Lipinski definition) is 3. The van der Waals surface area contributed by atoms with Crippen LogP contribution in [0.2, 0.25) is 0 Å². The Kier molecular flexibility index (Phi) is 3.58. The number of benzene rings is 1. The van der Waals surface area contributed by atoms with E-state index in [1.807, 2.05) is 12.1 Å². The summed E-state index contributed by atoms with van der Waals surface area (Å²) >= 11 is 0. The Hall–Kier alpha value is -1.71. The molecule has 1 fully saturated rings. The van der Waals surface area contributed by atoms with E-state index in [1.165, 1.54) is 18.4 Å². The predicted octanol–water partition coefficient (Wildman–Crippen LogP) is 1.95. The van der Waals surface area contributed by atoms with Gasteiger partial charge < -0.3 is 15.4 Å². The summed E-state index contributed by atoms with van der Waals surface area (Å²) in [6.45, 7) is 1.93.